The molecule has 2 rings (SSSR count). The van der Waals surface area contributed by atoms with Crippen LogP contribution in [0.5, 0.6) is 5.75 Å². The number of allylic oxidation sites excluding steroid dienone is 3. The van der Waals surface area contributed by atoms with Crippen LogP contribution in [0.15, 0.2) is 60.2 Å². The minimum absolute atomic E-state index is 0.0376. The highest BCUT2D eigenvalue weighted by molar-refractivity contribution is 8.01. The fourth-order valence-corrected chi connectivity index (χ4v) is 3.55. The van der Waals surface area contributed by atoms with Crippen molar-refractivity contribution >= 4 is 23.4 Å². The molecule has 1 fully saturated rings. The van der Waals surface area contributed by atoms with Gasteiger partial charge in [-0.25, -0.2) is 0 Å². The van der Waals surface area contributed by atoms with Crippen LogP contribution in [0.3, 0.4) is 0 Å². The van der Waals surface area contributed by atoms with E-state index in [1.807, 2.05) is 88.9 Å². The minimum Gasteiger partial charge on any atom is -0.495 e. The Balaban J connectivity index is 0.00000146. The van der Waals surface area contributed by atoms with E-state index >= 15 is 0 Å². The molecular weight excluding hydrogens is 342 g/mol. The van der Waals surface area contributed by atoms with Gasteiger partial charge in [-0.05, 0) is 31.6 Å². The standard InChI is InChI=1S/C18H21NO2S.2C2H6/c1-5-14(11-10-13(2)3)18-19(17(20)12-22-18)15-8-6-7-9-16(15)21-4;2*1-2/h5-11,18H,2,12H2,1,3-4H3;2*1-2H3/b11-10-,14-5+;;. The predicted octanol–water partition coefficient (Wildman–Crippen LogP) is 6.23. The normalized spacial score (nSPS) is 16.6. The number of methoxy groups -OCH3 is 1. The van der Waals surface area contributed by atoms with Crippen molar-refractivity contribution in [3.8, 4) is 5.75 Å². The van der Waals surface area contributed by atoms with Gasteiger partial charge < -0.3 is 4.74 Å². The highest BCUT2D eigenvalue weighted by atomic mass is 32.2. The second kappa shape index (κ2) is 13.3. The molecule has 0 bridgehead atoms. The fourth-order valence-electron chi connectivity index (χ4n) is 2.32. The lowest BCUT2D eigenvalue weighted by Crippen LogP contribution is -2.33. The van der Waals surface area contributed by atoms with Gasteiger partial charge >= 0.3 is 0 Å². The summed E-state index contributed by atoms with van der Waals surface area (Å²) in [6, 6.07) is 7.62. The molecule has 1 unspecified atom stereocenters. The van der Waals surface area contributed by atoms with E-state index in [0.29, 0.717) is 11.5 Å². The topological polar surface area (TPSA) is 29.5 Å². The van der Waals surface area contributed by atoms with Gasteiger partial charge in [0.1, 0.15) is 11.1 Å². The van der Waals surface area contributed by atoms with Crippen molar-refractivity contribution in [2.24, 2.45) is 0 Å². The first kappa shape index (κ1) is 24.1. The predicted molar refractivity (Wildman–Crippen MR) is 117 cm³/mol. The largest absolute Gasteiger partial charge is 0.495 e. The third-order valence-electron chi connectivity index (χ3n) is 3.39. The van der Waals surface area contributed by atoms with Gasteiger partial charge in [-0.15, -0.1) is 11.8 Å². The number of anilines is 1. The molecule has 1 amide bonds. The third kappa shape index (κ3) is 6.41. The van der Waals surface area contributed by atoms with Gasteiger partial charge in [0.15, 0.2) is 0 Å². The van der Waals surface area contributed by atoms with Gasteiger partial charge in [0.25, 0.3) is 0 Å². The average molecular weight is 376 g/mol. The maximum Gasteiger partial charge on any atom is 0.238 e. The first-order chi connectivity index (χ1) is 12.6. The summed E-state index contributed by atoms with van der Waals surface area (Å²) in [5, 5.41) is -0.0376. The molecule has 1 heterocycles. The molecule has 4 heteroatoms. The molecular formula is C22H33NO2S. The lowest BCUT2D eigenvalue weighted by molar-refractivity contribution is -0.115. The summed E-state index contributed by atoms with van der Waals surface area (Å²) in [5.74, 6) is 1.28. The molecule has 1 atom stereocenters. The minimum atomic E-state index is -0.0376. The fraction of sp³-hybridized carbons (Fsp3) is 0.409. The first-order valence-electron chi connectivity index (χ1n) is 9.15. The number of rotatable bonds is 5. The molecule has 1 aliphatic heterocycles. The Labute approximate surface area is 163 Å². The van der Waals surface area contributed by atoms with Gasteiger partial charge in [0, 0.05) is 0 Å². The van der Waals surface area contributed by atoms with E-state index in [0.717, 1.165) is 16.8 Å². The second-order valence-electron chi connectivity index (χ2n) is 5.07. The quantitative estimate of drug-likeness (QED) is 0.571. The van der Waals surface area contributed by atoms with E-state index in [2.05, 4.69) is 6.58 Å². The van der Waals surface area contributed by atoms with Crippen LogP contribution in [0, 0.1) is 0 Å². The van der Waals surface area contributed by atoms with Crippen LogP contribution >= 0.6 is 11.8 Å². The number of carbonyl (C=O) groups is 1. The van der Waals surface area contributed by atoms with E-state index in [1.165, 1.54) is 0 Å². The SMILES string of the molecule is C=C(C)/C=C\C(=C/C)C1SCC(=O)N1c1ccccc1OC.CC.CC. The maximum atomic E-state index is 12.4. The van der Waals surface area contributed by atoms with Crippen LogP contribution in [0.25, 0.3) is 0 Å². The summed E-state index contributed by atoms with van der Waals surface area (Å²) in [7, 11) is 1.62. The zero-order chi connectivity index (χ0) is 20.1. The summed E-state index contributed by atoms with van der Waals surface area (Å²) in [5.41, 5.74) is 2.88. The van der Waals surface area contributed by atoms with Gasteiger partial charge in [-0.2, -0.15) is 0 Å². The summed E-state index contributed by atoms with van der Waals surface area (Å²) in [6.07, 6.45) is 6.04. The number of thioether (sulfide) groups is 1. The van der Waals surface area contributed by atoms with E-state index in [1.54, 1.807) is 18.9 Å². The Morgan fingerprint density at radius 1 is 1.23 bits per heavy atom. The van der Waals surface area contributed by atoms with Crippen molar-refractivity contribution in [3.63, 3.8) is 0 Å². The Morgan fingerprint density at radius 2 is 1.85 bits per heavy atom. The molecule has 0 N–H and O–H groups in total. The molecule has 26 heavy (non-hydrogen) atoms. The zero-order valence-corrected chi connectivity index (χ0v) is 18.0. The van der Waals surface area contributed by atoms with Crippen LogP contribution < -0.4 is 9.64 Å². The molecule has 144 valence electrons. The Bertz CT molecular complexity index is 635. The highest BCUT2D eigenvalue weighted by Gasteiger charge is 2.35. The molecule has 3 nitrogen and oxygen atoms in total. The number of benzene rings is 1. The molecule has 0 saturated carbocycles. The maximum absolute atomic E-state index is 12.4. The van der Waals surface area contributed by atoms with Crippen LogP contribution in [-0.2, 0) is 4.79 Å². The van der Waals surface area contributed by atoms with Crippen molar-refractivity contribution in [2.45, 2.75) is 46.9 Å². The average Bonchev–Trinajstić information content (AvgIpc) is 3.06. The molecule has 0 aliphatic carbocycles. The van der Waals surface area contributed by atoms with Crippen molar-refractivity contribution < 1.29 is 9.53 Å². The van der Waals surface area contributed by atoms with Crippen molar-refractivity contribution in [3.05, 3.63) is 60.2 Å². The number of amides is 1. The van der Waals surface area contributed by atoms with Gasteiger partial charge in [0.2, 0.25) is 5.91 Å². The zero-order valence-electron chi connectivity index (χ0n) is 17.2. The smallest absolute Gasteiger partial charge is 0.238 e. The summed E-state index contributed by atoms with van der Waals surface area (Å²) in [4.78, 5) is 14.2. The molecule has 0 aromatic heterocycles. The van der Waals surface area contributed by atoms with E-state index in [9.17, 15) is 4.79 Å². The molecule has 1 saturated heterocycles. The van der Waals surface area contributed by atoms with Crippen molar-refractivity contribution in [1.82, 2.24) is 0 Å². The third-order valence-corrected chi connectivity index (χ3v) is 4.60. The molecule has 1 aromatic rings. The Kier molecular flexibility index (Phi) is 12.3. The van der Waals surface area contributed by atoms with E-state index < -0.39 is 0 Å². The van der Waals surface area contributed by atoms with Crippen LogP contribution in [0.2, 0.25) is 0 Å². The van der Waals surface area contributed by atoms with Gasteiger partial charge in [-0.1, -0.05) is 70.2 Å². The van der Waals surface area contributed by atoms with Crippen molar-refractivity contribution in [1.29, 1.82) is 0 Å². The number of hydrogen-bond acceptors (Lipinski definition) is 3. The van der Waals surface area contributed by atoms with Crippen LogP contribution in [-0.4, -0.2) is 24.1 Å². The lowest BCUT2D eigenvalue weighted by Gasteiger charge is -2.26. The van der Waals surface area contributed by atoms with Gasteiger partial charge in [0.05, 0.1) is 18.6 Å². The van der Waals surface area contributed by atoms with Crippen LogP contribution in [0.4, 0.5) is 5.69 Å². The lowest BCUT2D eigenvalue weighted by atomic mass is 10.1. The summed E-state index contributed by atoms with van der Waals surface area (Å²) < 4.78 is 5.41. The number of hydrogen-bond donors (Lipinski definition) is 0. The summed E-state index contributed by atoms with van der Waals surface area (Å²) >= 11 is 1.63. The highest BCUT2D eigenvalue weighted by Crippen LogP contribution is 2.39. The molecule has 0 radical (unpaired) electrons. The number of carbonyl (C=O) groups excluding carboxylic acids is 1. The van der Waals surface area contributed by atoms with E-state index in [4.69, 9.17) is 4.74 Å². The second-order valence-corrected chi connectivity index (χ2v) is 6.14. The van der Waals surface area contributed by atoms with Crippen LogP contribution in [0.1, 0.15) is 41.5 Å². The number of nitrogens with zero attached hydrogens (tertiary/aromatic N) is 1. The number of para-hydroxylation sites is 2. The van der Waals surface area contributed by atoms with Crippen molar-refractivity contribution in [2.75, 3.05) is 17.8 Å². The summed E-state index contributed by atoms with van der Waals surface area (Å²) in [6.45, 7) is 15.8. The number of ether oxygens (including phenoxy) is 1. The van der Waals surface area contributed by atoms with E-state index in [-0.39, 0.29) is 11.3 Å². The van der Waals surface area contributed by atoms with Gasteiger partial charge in [-0.3, -0.25) is 9.69 Å². The Morgan fingerprint density at radius 3 is 2.38 bits per heavy atom. The molecule has 0 spiro atoms. The Hall–Kier alpha value is -1.94. The molecule has 1 aromatic carbocycles. The molecule has 1 aliphatic rings. The first-order valence-corrected chi connectivity index (χ1v) is 10.2. The monoisotopic (exact) mass is 375 g/mol.